The highest BCUT2D eigenvalue weighted by atomic mass is 14.3. The molecule has 0 spiro atoms. The molecular formula is C40H30. The first-order valence-corrected chi connectivity index (χ1v) is 14.3. The average Bonchev–Trinajstić information content (AvgIpc) is 3.27. The van der Waals surface area contributed by atoms with Gasteiger partial charge in [-0.2, -0.15) is 0 Å². The second-order valence-electron chi connectivity index (χ2n) is 11.6. The monoisotopic (exact) mass is 510 g/mol. The molecule has 0 fully saturated rings. The van der Waals surface area contributed by atoms with Gasteiger partial charge in [0, 0.05) is 5.92 Å². The van der Waals surface area contributed by atoms with Gasteiger partial charge in [0.2, 0.25) is 0 Å². The highest BCUT2D eigenvalue weighted by molar-refractivity contribution is 6.25. The lowest BCUT2D eigenvalue weighted by Gasteiger charge is -2.14. The van der Waals surface area contributed by atoms with Crippen LogP contribution in [0.2, 0.25) is 0 Å². The van der Waals surface area contributed by atoms with Gasteiger partial charge in [-0.3, -0.25) is 0 Å². The zero-order valence-corrected chi connectivity index (χ0v) is 23.1. The van der Waals surface area contributed by atoms with E-state index in [1.165, 1.54) is 88.0 Å². The van der Waals surface area contributed by atoms with E-state index in [-0.39, 0.29) is 0 Å². The van der Waals surface area contributed by atoms with E-state index in [1.807, 2.05) is 0 Å². The highest BCUT2D eigenvalue weighted by Crippen LogP contribution is 2.46. The van der Waals surface area contributed by atoms with E-state index in [4.69, 9.17) is 0 Å². The molecule has 1 unspecified atom stereocenters. The Balaban J connectivity index is 1.30. The topological polar surface area (TPSA) is 0 Å². The van der Waals surface area contributed by atoms with Crippen molar-refractivity contribution in [3.63, 3.8) is 0 Å². The van der Waals surface area contributed by atoms with Crippen molar-refractivity contribution in [3.8, 4) is 33.4 Å². The van der Waals surface area contributed by atoms with Gasteiger partial charge in [-0.05, 0) is 114 Å². The van der Waals surface area contributed by atoms with Crippen molar-refractivity contribution in [2.75, 3.05) is 0 Å². The van der Waals surface area contributed by atoms with Gasteiger partial charge in [0.1, 0.15) is 0 Å². The van der Waals surface area contributed by atoms with E-state index in [1.54, 1.807) is 0 Å². The Bertz CT molecular complexity index is 2110. The van der Waals surface area contributed by atoms with Gasteiger partial charge < -0.3 is 0 Å². The van der Waals surface area contributed by atoms with Crippen LogP contribution in [-0.2, 0) is 0 Å². The Labute approximate surface area is 235 Å². The zero-order chi connectivity index (χ0) is 27.0. The molecule has 0 saturated heterocycles. The van der Waals surface area contributed by atoms with Crippen LogP contribution in [0, 0.1) is 13.8 Å². The zero-order valence-electron chi connectivity index (χ0n) is 23.1. The van der Waals surface area contributed by atoms with E-state index in [0.717, 1.165) is 0 Å². The molecule has 0 radical (unpaired) electrons. The molecule has 1 aliphatic carbocycles. The Hall–Kier alpha value is -4.68. The van der Waals surface area contributed by atoms with Crippen LogP contribution < -0.4 is 0 Å². The second-order valence-corrected chi connectivity index (χ2v) is 11.6. The first kappa shape index (κ1) is 23.2. The molecule has 1 aliphatic rings. The van der Waals surface area contributed by atoms with Crippen molar-refractivity contribution >= 4 is 32.3 Å². The Kier molecular flexibility index (Phi) is 5.03. The van der Waals surface area contributed by atoms with Gasteiger partial charge in [0.15, 0.2) is 0 Å². The Morgan fingerprint density at radius 2 is 0.875 bits per heavy atom. The van der Waals surface area contributed by atoms with Crippen molar-refractivity contribution in [2.45, 2.75) is 26.7 Å². The molecule has 0 N–H and O–H groups in total. The third kappa shape index (κ3) is 3.46. The van der Waals surface area contributed by atoms with E-state index in [9.17, 15) is 0 Å². The predicted octanol–water partition coefficient (Wildman–Crippen LogP) is 11.2. The summed E-state index contributed by atoms with van der Waals surface area (Å²) < 4.78 is 0. The molecule has 7 aromatic rings. The molecule has 0 heteroatoms. The van der Waals surface area contributed by atoms with Crippen molar-refractivity contribution in [1.82, 2.24) is 0 Å². The number of aryl methyl sites for hydroxylation is 2. The van der Waals surface area contributed by atoms with Crippen LogP contribution in [-0.4, -0.2) is 0 Å². The summed E-state index contributed by atoms with van der Waals surface area (Å²) in [6, 6.07) is 45.6. The molecule has 7 aromatic carbocycles. The average molecular weight is 511 g/mol. The molecule has 0 nitrogen and oxygen atoms in total. The van der Waals surface area contributed by atoms with Crippen molar-refractivity contribution < 1.29 is 0 Å². The fourth-order valence-electron chi connectivity index (χ4n) is 7.00. The van der Waals surface area contributed by atoms with Gasteiger partial charge in [-0.15, -0.1) is 0 Å². The van der Waals surface area contributed by atoms with Crippen LogP contribution in [0.3, 0.4) is 0 Å². The SMILES string of the molecule is Cc1cc(-c2ccc3c(c2)-c2cc(C)ccc2C3C)cc(-c2ccc3c4ccccc4c4ccccc4c3c2)c1. The fourth-order valence-corrected chi connectivity index (χ4v) is 7.00. The van der Waals surface area contributed by atoms with Crippen molar-refractivity contribution in [3.05, 3.63) is 144 Å². The lowest BCUT2D eigenvalue weighted by Crippen LogP contribution is -1.90. The number of rotatable bonds is 2. The van der Waals surface area contributed by atoms with Crippen molar-refractivity contribution in [1.29, 1.82) is 0 Å². The molecule has 8 rings (SSSR count). The molecule has 0 amide bonds. The summed E-state index contributed by atoms with van der Waals surface area (Å²) in [6.45, 7) is 6.73. The first-order chi connectivity index (χ1) is 19.5. The normalized spacial score (nSPS) is 14.1. The largest absolute Gasteiger partial charge is 0.0616 e. The van der Waals surface area contributed by atoms with Crippen LogP contribution in [0.25, 0.3) is 65.7 Å². The van der Waals surface area contributed by atoms with Gasteiger partial charge in [-0.25, -0.2) is 0 Å². The highest BCUT2D eigenvalue weighted by Gasteiger charge is 2.25. The van der Waals surface area contributed by atoms with Crippen LogP contribution >= 0.6 is 0 Å². The smallest absolute Gasteiger partial charge is 0.00733 e. The van der Waals surface area contributed by atoms with E-state index < -0.39 is 0 Å². The molecule has 190 valence electrons. The van der Waals surface area contributed by atoms with Gasteiger partial charge in [-0.1, -0.05) is 116 Å². The summed E-state index contributed by atoms with van der Waals surface area (Å²) in [5.74, 6) is 0.441. The van der Waals surface area contributed by atoms with Crippen molar-refractivity contribution in [2.24, 2.45) is 0 Å². The van der Waals surface area contributed by atoms with E-state index in [0.29, 0.717) is 5.92 Å². The lowest BCUT2D eigenvalue weighted by molar-refractivity contribution is 0.956. The summed E-state index contributed by atoms with van der Waals surface area (Å²) in [4.78, 5) is 0. The minimum atomic E-state index is 0.441. The molecule has 0 bridgehead atoms. The van der Waals surface area contributed by atoms with E-state index >= 15 is 0 Å². The summed E-state index contributed by atoms with van der Waals surface area (Å²) >= 11 is 0. The predicted molar refractivity (Wildman–Crippen MR) is 172 cm³/mol. The summed E-state index contributed by atoms with van der Waals surface area (Å²) in [6.07, 6.45) is 0. The third-order valence-corrected chi connectivity index (χ3v) is 8.97. The summed E-state index contributed by atoms with van der Waals surface area (Å²) in [7, 11) is 0. The number of benzene rings is 7. The molecule has 0 aliphatic heterocycles. The van der Waals surface area contributed by atoms with Crippen LogP contribution in [0.15, 0.2) is 121 Å². The minimum Gasteiger partial charge on any atom is -0.0616 e. The maximum atomic E-state index is 2.41. The van der Waals surface area contributed by atoms with Crippen LogP contribution in [0.1, 0.15) is 35.1 Å². The van der Waals surface area contributed by atoms with Gasteiger partial charge in [0.25, 0.3) is 0 Å². The van der Waals surface area contributed by atoms with E-state index in [2.05, 4.69) is 142 Å². The maximum Gasteiger partial charge on any atom is 0.00733 e. The van der Waals surface area contributed by atoms with Crippen LogP contribution in [0.4, 0.5) is 0 Å². The Morgan fingerprint density at radius 1 is 0.375 bits per heavy atom. The molecule has 0 aromatic heterocycles. The standard InChI is InChI=1S/C40H30/c1-24-12-15-31-26(3)32-16-13-27(22-39(32)38(31)20-24)29-18-25(2)19-30(21-29)28-14-17-37-35-10-5-4-8-33(35)34-9-6-7-11-36(34)40(37)23-28/h4-23,26H,1-3H3. The van der Waals surface area contributed by atoms with Crippen LogP contribution in [0.5, 0.6) is 0 Å². The lowest BCUT2D eigenvalue weighted by atomic mass is 9.90. The molecule has 0 heterocycles. The molecular weight excluding hydrogens is 480 g/mol. The fraction of sp³-hybridized carbons (Fsp3) is 0.100. The first-order valence-electron chi connectivity index (χ1n) is 14.3. The molecule has 1 atom stereocenters. The summed E-state index contributed by atoms with van der Waals surface area (Å²) in [5.41, 5.74) is 13.3. The number of fused-ring (bicyclic) bond motifs is 9. The third-order valence-electron chi connectivity index (χ3n) is 8.97. The second kappa shape index (κ2) is 8.66. The Morgan fingerprint density at radius 3 is 1.52 bits per heavy atom. The number of hydrogen-bond acceptors (Lipinski definition) is 0. The maximum absolute atomic E-state index is 2.41. The van der Waals surface area contributed by atoms with Gasteiger partial charge in [0.05, 0.1) is 0 Å². The molecule has 40 heavy (non-hydrogen) atoms. The minimum absolute atomic E-state index is 0.441. The summed E-state index contributed by atoms with van der Waals surface area (Å²) in [5, 5.41) is 7.89. The number of hydrogen-bond donors (Lipinski definition) is 0. The quantitative estimate of drug-likeness (QED) is 0.203. The molecule has 0 saturated carbocycles. The van der Waals surface area contributed by atoms with Gasteiger partial charge >= 0.3 is 0 Å².